The lowest BCUT2D eigenvalue weighted by Gasteiger charge is -2.11. The molecule has 2 N–H and O–H groups in total. The van der Waals surface area contributed by atoms with Gasteiger partial charge in [0, 0.05) is 6.04 Å². The van der Waals surface area contributed by atoms with E-state index < -0.39 is 0 Å². The first-order valence-corrected chi connectivity index (χ1v) is 10.3. The molecule has 0 saturated heterocycles. The van der Waals surface area contributed by atoms with E-state index in [9.17, 15) is 9.59 Å². The van der Waals surface area contributed by atoms with E-state index >= 15 is 0 Å². The molecule has 2 amide bonds. The minimum atomic E-state index is -0.390. The predicted molar refractivity (Wildman–Crippen MR) is 117 cm³/mol. The van der Waals surface area contributed by atoms with Crippen LogP contribution in [0.5, 0.6) is 0 Å². The number of hydrogen-bond acceptors (Lipinski definition) is 3. The van der Waals surface area contributed by atoms with Gasteiger partial charge in [-0.25, -0.2) is 4.68 Å². The first kappa shape index (κ1) is 20.2. The average Bonchev–Trinajstić information content (AvgIpc) is 3.48. The Morgan fingerprint density at radius 1 is 1.07 bits per heavy atom. The van der Waals surface area contributed by atoms with E-state index in [2.05, 4.69) is 15.7 Å². The second kappa shape index (κ2) is 8.32. The molecule has 0 bridgehead atoms. The fraction of sp³-hybridized carbons (Fsp3) is 0.261. The van der Waals surface area contributed by atoms with Crippen LogP contribution in [0.2, 0.25) is 5.15 Å². The zero-order chi connectivity index (χ0) is 21.3. The van der Waals surface area contributed by atoms with E-state index in [1.165, 1.54) is 5.56 Å². The lowest BCUT2D eigenvalue weighted by molar-refractivity contribution is 0.0952. The van der Waals surface area contributed by atoms with Crippen LogP contribution in [0.25, 0.3) is 0 Å². The van der Waals surface area contributed by atoms with Crippen molar-refractivity contribution in [3.05, 3.63) is 81.6 Å². The molecular formula is C23H23ClN4O2. The normalized spacial score (nSPS) is 13.2. The summed E-state index contributed by atoms with van der Waals surface area (Å²) in [5.41, 5.74) is 3.93. The van der Waals surface area contributed by atoms with Crippen LogP contribution in [-0.4, -0.2) is 27.6 Å². The summed E-state index contributed by atoms with van der Waals surface area (Å²) in [4.78, 5) is 25.5. The summed E-state index contributed by atoms with van der Waals surface area (Å²) < 4.78 is 1.61. The second-order valence-corrected chi connectivity index (χ2v) is 8.00. The van der Waals surface area contributed by atoms with Crippen molar-refractivity contribution in [2.24, 2.45) is 0 Å². The van der Waals surface area contributed by atoms with E-state index in [1.54, 1.807) is 35.9 Å². The van der Waals surface area contributed by atoms with Gasteiger partial charge < -0.3 is 10.6 Å². The monoisotopic (exact) mass is 422 g/mol. The Morgan fingerprint density at radius 3 is 2.47 bits per heavy atom. The van der Waals surface area contributed by atoms with Crippen molar-refractivity contribution in [1.82, 2.24) is 15.1 Å². The van der Waals surface area contributed by atoms with Crippen LogP contribution in [0.3, 0.4) is 0 Å². The molecule has 2 aromatic carbocycles. The highest BCUT2D eigenvalue weighted by Crippen LogP contribution is 2.25. The molecule has 7 heteroatoms. The summed E-state index contributed by atoms with van der Waals surface area (Å²) in [6.45, 7) is 4.24. The number of hydrogen-bond donors (Lipinski definition) is 2. The molecule has 1 heterocycles. The molecule has 1 aromatic heterocycles. The van der Waals surface area contributed by atoms with Crippen molar-refractivity contribution in [3.63, 3.8) is 0 Å². The van der Waals surface area contributed by atoms with E-state index in [0.29, 0.717) is 29.1 Å². The fourth-order valence-corrected chi connectivity index (χ4v) is 3.57. The molecule has 3 aromatic rings. The maximum absolute atomic E-state index is 13.0. The van der Waals surface area contributed by atoms with Crippen molar-refractivity contribution in [1.29, 1.82) is 0 Å². The molecular weight excluding hydrogens is 400 g/mol. The maximum Gasteiger partial charge on any atom is 0.260 e. The number of aryl methyl sites for hydroxylation is 2. The van der Waals surface area contributed by atoms with Crippen LogP contribution < -0.4 is 10.6 Å². The summed E-state index contributed by atoms with van der Waals surface area (Å²) in [5.74, 6) is -0.578. The molecule has 1 fully saturated rings. The molecule has 0 aliphatic heterocycles. The number of nitrogens with one attached hydrogen (secondary N) is 2. The molecule has 0 unspecified atom stereocenters. The van der Waals surface area contributed by atoms with Gasteiger partial charge in [-0.3, -0.25) is 9.59 Å². The van der Waals surface area contributed by atoms with Crippen molar-refractivity contribution in [3.8, 4) is 0 Å². The molecule has 1 saturated carbocycles. The number of amides is 2. The smallest absolute Gasteiger partial charge is 0.260 e. The zero-order valence-electron chi connectivity index (χ0n) is 16.9. The summed E-state index contributed by atoms with van der Waals surface area (Å²) >= 11 is 6.51. The Bertz CT molecular complexity index is 1100. The SMILES string of the molecule is Cc1ccc(Cn2nc(C)c(C(=O)Nc3ccccc3C(=O)NC3CC3)c2Cl)cc1. The maximum atomic E-state index is 13.0. The third-order valence-corrected chi connectivity index (χ3v) is 5.46. The van der Waals surface area contributed by atoms with Gasteiger partial charge in [0.25, 0.3) is 11.8 Å². The fourth-order valence-electron chi connectivity index (χ4n) is 3.25. The molecule has 0 spiro atoms. The number of rotatable bonds is 6. The van der Waals surface area contributed by atoms with Crippen molar-refractivity contribution in [2.75, 3.05) is 5.32 Å². The van der Waals surface area contributed by atoms with Gasteiger partial charge in [0.05, 0.1) is 29.1 Å². The highest BCUT2D eigenvalue weighted by molar-refractivity contribution is 6.33. The Kier molecular flexibility index (Phi) is 5.59. The lowest BCUT2D eigenvalue weighted by atomic mass is 10.1. The number of aromatic nitrogens is 2. The third kappa shape index (κ3) is 4.39. The van der Waals surface area contributed by atoms with Crippen LogP contribution in [0.1, 0.15) is 50.4 Å². The lowest BCUT2D eigenvalue weighted by Crippen LogP contribution is -2.27. The highest BCUT2D eigenvalue weighted by Gasteiger charge is 2.26. The molecule has 6 nitrogen and oxygen atoms in total. The summed E-state index contributed by atoms with van der Waals surface area (Å²) in [5, 5.41) is 10.5. The van der Waals surface area contributed by atoms with Crippen molar-refractivity contribution in [2.45, 2.75) is 39.3 Å². The minimum absolute atomic E-state index is 0.189. The third-order valence-electron chi connectivity index (χ3n) is 5.08. The predicted octanol–water partition coefficient (Wildman–Crippen LogP) is 4.35. The quantitative estimate of drug-likeness (QED) is 0.620. The topological polar surface area (TPSA) is 76.0 Å². The highest BCUT2D eigenvalue weighted by atomic mass is 35.5. The van der Waals surface area contributed by atoms with Crippen molar-refractivity contribution < 1.29 is 9.59 Å². The van der Waals surface area contributed by atoms with Gasteiger partial charge in [-0.15, -0.1) is 0 Å². The zero-order valence-corrected chi connectivity index (χ0v) is 17.7. The Morgan fingerprint density at radius 2 is 1.77 bits per heavy atom. The first-order chi connectivity index (χ1) is 14.4. The van der Waals surface area contributed by atoms with Gasteiger partial charge >= 0.3 is 0 Å². The Balaban J connectivity index is 1.55. The summed E-state index contributed by atoms with van der Waals surface area (Å²) in [7, 11) is 0. The summed E-state index contributed by atoms with van der Waals surface area (Å²) in [6.07, 6.45) is 1.99. The molecule has 4 rings (SSSR count). The van der Waals surface area contributed by atoms with E-state index in [-0.39, 0.29) is 23.0 Å². The van der Waals surface area contributed by atoms with Crippen LogP contribution in [0.4, 0.5) is 5.69 Å². The molecule has 30 heavy (non-hydrogen) atoms. The van der Waals surface area contributed by atoms with Gasteiger partial charge in [0.15, 0.2) is 0 Å². The van der Waals surface area contributed by atoms with E-state index in [4.69, 9.17) is 11.6 Å². The number of halogens is 1. The van der Waals surface area contributed by atoms with Crippen LogP contribution >= 0.6 is 11.6 Å². The summed E-state index contributed by atoms with van der Waals surface area (Å²) in [6, 6.07) is 15.3. The van der Waals surface area contributed by atoms with Crippen molar-refractivity contribution >= 4 is 29.1 Å². The van der Waals surface area contributed by atoms with Gasteiger partial charge in [-0.2, -0.15) is 5.10 Å². The van der Waals surface area contributed by atoms with E-state index in [1.807, 2.05) is 31.2 Å². The van der Waals surface area contributed by atoms with Gasteiger partial charge in [0.2, 0.25) is 0 Å². The Hall–Kier alpha value is -3.12. The molecule has 154 valence electrons. The number of carbonyl (C=O) groups is 2. The number of benzene rings is 2. The average molecular weight is 423 g/mol. The minimum Gasteiger partial charge on any atom is -0.349 e. The van der Waals surface area contributed by atoms with Gasteiger partial charge in [0.1, 0.15) is 5.15 Å². The number of anilines is 1. The van der Waals surface area contributed by atoms with Gasteiger partial charge in [-0.1, -0.05) is 53.6 Å². The molecule has 0 radical (unpaired) electrons. The van der Waals surface area contributed by atoms with Crippen LogP contribution in [0, 0.1) is 13.8 Å². The molecule has 1 aliphatic carbocycles. The second-order valence-electron chi connectivity index (χ2n) is 7.64. The Labute approximate surface area is 180 Å². The van der Waals surface area contributed by atoms with E-state index in [0.717, 1.165) is 18.4 Å². The number of para-hydroxylation sites is 1. The van der Waals surface area contributed by atoms with Crippen LogP contribution in [0.15, 0.2) is 48.5 Å². The number of carbonyl (C=O) groups excluding carboxylic acids is 2. The molecule has 1 aliphatic rings. The molecule has 0 atom stereocenters. The first-order valence-electron chi connectivity index (χ1n) is 9.92. The number of nitrogens with zero attached hydrogens (tertiary/aromatic N) is 2. The van der Waals surface area contributed by atoms with Gasteiger partial charge in [-0.05, 0) is 44.4 Å². The largest absolute Gasteiger partial charge is 0.349 e. The standard InChI is InChI=1S/C23H23ClN4O2/c1-14-7-9-16(10-8-14)13-28-21(24)20(15(2)27-28)23(30)26-19-6-4-3-5-18(19)22(29)25-17-11-12-17/h3-10,17H,11-13H2,1-2H3,(H,25,29)(H,26,30). The van der Waals surface area contributed by atoms with Crippen LogP contribution in [-0.2, 0) is 6.54 Å².